The molecule has 0 fully saturated rings. The Kier molecular flexibility index (Phi) is 7.95. The summed E-state index contributed by atoms with van der Waals surface area (Å²) >= 11 is 9.09. The van der Waals surface area contributed by atoms with E-state index in [9.17, 15) is 4.79 Å². The Morgan fingerprint density at radius 1 is 1.14 bits per heavy atom. The monoisotopic (exact) mass is 447 g/mol. The van der Waals surface area contributed by atoms with Gasteiger partial charge in [0.15, 0.2) is 5.13 Å². The fraction of sp³-hybridized carbons (Fsp3) is 0.364. The SMILES string of the molecule is CCc1cccc2sc(N(CCCN(C)C)C(=O)CSc3ccc(Cl)cc3)nc12. The van der Waals surface area contributed by atoms with Crippen molar-refractivity contribution in [2.75, 3.05) is 37.8 Å². The number of thiazole rings is 1. The van der Waals surface area contributed by atoms with Gasteiger partial charge in [-0.1, -0.05) is 42.0 Å². The molecule has 1 amide bonds. The zero-order chi connectivity index (χ0) is 20.8. The Balaban J connectivity index is 1.79. The number of carbonyl (C=O) groups is 1. The molecule has 0 saturated heterocycles. The lowest BCUT2D eigenvalue weighted by Crippen LogP contribution is -2.34. The lowest BCUT2D eigenvalue weighted by molar-refractivity contribution is -0.116. The fourth-order valence-electron chi connectivity index (χ4n) is 3.02. The molecule has 0 saturated carbocycles. The normalized spacial score (nSPS) is 11.3. The molecule has 0 bridgehead atoms. The molecule has 154 valence electrons. The predicted molar refractivity (Wildman–Crippen MR) is 127 cm³/mol. The van der Waals surface area contributed by atoms with E-state index < -0.39 is 0 Å². The average Bonchev–Trinajstić information content (AvgIpc) is 3.14. The number of fused-ring (bicyclic) bond motifs is 1. The van der Waals surface area contributed by atoms with Crippen LogP contribution in [0.4, 0.5) is 5.13 Å². The first kappa shape index (κ1) is 22.1. The summed E-state index contributed by atoms with van der Waals surface area (Å²) in [7, 11) is 4.10. The van der Waals surface area contributed by atoms with Crippen molar-refractivity contribution in [2.45, 2.75) is 24.7 Å². The van der Waals surface area contributed by atoms with Crippen LogP contribution in [-0.4, -0.2) is 48.7 Å². The number of halogens is 1. The molecule has 0 N–H and O–H groups in total. The summed E-state index contributed by atoms with van der Waals surface area (Å²) in [6.45, 7) is 3.73. The van der Waals surface area contributed by atoms with Gasteiger partial charge in [-0.25, -0.2) is 4.98 Å². The zero-order valence-electron chi connectivity index (χ0n) is 17.0. The third-order valence-electron chi connectivity index (χ3n) is 4.57. The van der Waals surface area contributed by atoms with Crippen molar-refractivity contribution >= 4 is 56.0 Å². The van der Waals surface area contributed by atoms with Crippen LogP contribution >= 0.6 is 34.7 Å². The molecule has 4 nitrogen and oxygen atoms in total. The molecule has 0 spiro atoms. The van der Waals surface area contributed by atoms with Crippen LogP contribution < -0.4 is 4.90 Å². The van der Waals surface area contributed by atoms with Crippen molar-refractivity contribution in [1.29, 1.82) is 0 Å². The summed E-state index contributed by atoms with van der Waals surface area (Å²) in [5.74, 6) is 0.459. The molecular weight excluding hydrogens is 422 g/mol. The van der Waals surface area contributed by atoms with Gasteiger partial charge in [0.05, 0.1) is 16.0 Å². The minimum atomic E-state index is 0.0841. The molecule has 0 aliphatic heterocycles. The van der Waals surface area contributed by atoms with Gasteiger partial charge in [-0.2, -0.15) is 0 Å². The van der Waals surface area contributed by atoms with Crippen LogP contribution in [0.3, 0.4) is 0 Å². The highest BCUT2D eigenvalue weighted by Crippen LogP contribution is 2.32. The number of aryl methyl sites for hydroxylation is 1. The molecule has 2 aromatic carbocycles. The standard InChI is InChI=1S/C22H26ClN3OS2/c1-4-16-7-5-8-19-21(16)24-22(29-19)26(14-6-13-25(2)3)20(27)15-28-18-11-9-17(23)10-12-18/h5,7-12H,4,6,13-15H2,1-3H3. The Bertz CT molecular complexity index is 956. The van der Waals surface area contributed by atoms with E-state index in [4.69, 9.17) is 16.6 Å². The van der Waals surface area contributed by atoms with Crippen LogP contribution in [0.2, 0.25) is 5.02 Å². The van der Waals surface area contributed by atoms with E-state index in [1.807, 2.05) is 43.3 Å². The second-order valence-corrected chi connectivity index (χ2v) is 9.55. The zero-order valence-corrected chi connectivity index (χ0v) is 19.4. The van der Waals surface area contributed by atoms with Crippen LogP contribution in [0, 0.1) is 0 Å². The molecule has 1 aromatic heterocycles. The van der Waals surface area contributed by atoms with Crippen molar-refractivity contribution in [3.8, 4) is 0 Å². The van der Waals surface area contributed by atoms with Gasteiger partial charge >= 0.3 is 0 Å². The highest BCUT2D eigenvalue weighted by molar-refractivity contribution is 8.00. The molecule has 0 aliphatic rings. The van der Waals surface area contributed by atoms with Gasteiger partial charge in [-0.15, -0.1) is 11.8 Å². The number of hydrogen-bond donors (Lipinski definition) is 0. The number of aromatic nitrogens is 1. The van der Waals surface area contributed by atoms with Gasteiger partial charge in [-0.05, 0) is 69.4 Å². The second-order valence-electron chi connectivity index (χ2n) is 7.06. The van der Waals surface area contributed by atoms with Gasteiger partial charge in [0.25, 0.3) is 0 Å². The van der Waals surface area contributed by atoms with E-state index >= 15 is 0 Å². The lowest BCUT2D eigenvalue weighted by Gasteiger charge is -2.21. The number of para-hydroxylation sites is 1. The molecule has 7 heteroatoms. The van der Waals surface area contributed by atoms with Crippen molar-refractivity contribution in [1.82, 2.24) is 9.88 Å². The number of rotatable bonds is 9. The summed E-state index contributed by atoms with van der Waals surface area (Å²) < 4.78 is 1.13. The minimum absolute atomic E-state index is 0.0841. The minimum Gasteiger partial charge on any atom is -0.309 e. The van der Waals surface area contributed by atoms with Crippen molar-refractivity contribution in [2.24, 2.45) is 0 Å². The summed E-state index contributed by atoms with van der Waals surface area (Å²) in [5.41, 5.74) is 2.24. The highest BCUT2D eigenvalue weighted by atomic mass is 35.5. The third-order valence-corrected chi connectivity index (χ3v) is 6.86. The number of hydrogen-bond acceptors (Lipinski definition) is 5. The predicted octanol–water partition coefficient (Wildman–Crippen LogP) is 5.59. The third kappa shape index (κ3) is 5.95. The first-order valence-electron chi connectivity index (χ1n) is 9.70. The molecule has 29 heavy (non-hydrogen) atoms. The molecule has 1 heterocycles. The van der Waals surface area contributed by atoms with Crippen molar-refractivity contribution < 1.29 is 4.79 Å². The molecular formula is C22H26ClN3OS2. The van der Waals surface area contributed by atoms with Gasteiger partial charge in [0.1, 0.15) is 0 Å². The number of carbonyl (C=O) groups excluding carboxylic acids is 1. The topological polar surface area (TPSA) is 36.4 Å². The molecule has 0 aliphatic carbocycles. The molecule has 0 unspecified atom stereocenters. The maximum Gasteiger partial charge on any atom is 0.239 e. The van der Waals surface area contributed by atoms with E-state index in [1.165, 1.54) is 17.3 Å². The summed E-state index contributed by atoms with van der Waals surface area (Å²) in [6.07, 6.45) is 1.84. The fourth-order valence-corrected chi connectivity index (χ4v) is 4.98. The van der Waals surface area contributed by atoms with Crippen LogP contribution in [-0.2, 0) is 11.2 Å². The summed E-state index contributed by atoms with van der Waals surface area (Å²) in [4.78, 5) is 23.0. The van der Waals surface area contributed by atoms with Gasteiger partial charge < -0.3 is 4.90 Å². The number of benzene rings is 2. The van der Waals surface area contributed by atoms with E-state index in [2.05, 4.69) is 30.0 Å². The smallest absolute Gasteiger partial charge is 0.239 e. The molecule has 3 aromatic rings. The van der Waals surface area contributed by atoms with Gasteiger partial charge in [0.2, 0.25) is 5.91 Å². The van der Waals surface area contributed by atoms with Gasteiger partial charge in [-0.3, -0.25) is 9.69 Å². The average molecular weight is 448 g/mol. The second kappa shape index (κ2) is 10.4. The molecule has 0 atom stereocenters. The maximum atomic E-state index is 13.1. The van der Waals surface area contributed by atoms with Crippen LogP contribution in [0.5, 0.6) is 0 Å². The summed E-state index contributed by atoms with van der Waals surface area (Å²) in [6, 6.07) is 13.9. The van der Waals surface area contributed by atoms with Crippen molar-refractivity contribution in [3.63, 3.8) is 0 Å². The molecule has 3 rings (SSSR count). The van der Waals surface area contributed by atoms with Gasteiger partial charge in [0, 0.05) is 16.5 Å². The van der Waals surface area contributed by atoms with Crippen molar-refractivity contribution in [3.05, 3.63) is 53.1 Å². The van der Waals surface area contributed by atoms with E-state index in [0.29, 0.717) is 17.3 Å². The molecule has 0 radical (unpaired) electrons. The first-order valence-corrected chi connectivity index (χ1v) is 11.9. The maximum absolute atomic E-state index is 13.1. The lowest BCUT2D eigenvalue weighted by atomic mass is 10.1. The number of amides is 1. The number of nitrogens with zero attached hydrogens (tertiary/aromatic N) is 3. The quantitative estimate of drug-likeness (QED) is 0.400. The Labute approximate surface area is 185 Å². The Morgan fingerprint density at radius 2 is 1.90 bits per heavy atom. The number of anilines is 1. The van der Waals surface area contributed by atoms with E-state index in [0.717, 1.165) is 39.6 Å². The highest BCUT2D eigenvalue weighted by Gasteiger charge is 2.20. The number of thioether (sulfide) groups is 1. The first-order chi connectivity index (χ1) is 14.0. The van der Waals surface area contributed by atoms with Crippen LogP contribution in [0.1, 0.15) is 18.9 Å². The van der Waals surface area contributed by atoms with Crippen LogP contribution in [0.25, 0.3) is 10.2 Å². The van der Waals surface area contributed by atoms with Crippen LogP contribution in [0.15, 0.2) is 47.4 Å². The Morgan fingerprint density at radius 3 is 2.59 bits per heavy atom. The van der Waals surface area contributed by atoms with E-state index in [1.54, 1.807) is 11.3 Å². The summed E-state index contributed by atoms with van der Waals surface area (Å²) in [5, 5.41) is 1.49. The van der Waals surface area contributed by atoms with E-state index in [-0.39, 0.29) is 5.91 Å². The largest absolute Gasteiger partial charge is 0.309 e. The Hall–Kier alpha value is -1.60.